The van der Waals surface area contributed by atoms with Crippen molar-refractivity contribution in [1.29, 1.82) is 0 Å². The van der Waals surface area contributed by atoms with Gasteiger partial charge in [-0.3, -0.25) is 4.79 Å². The molecule has 2 aliphatic heterocycles. The van der Waals surface area contributed by atoms with E-state index < -0.39 is 23.4 Å². The minimum atomic E-state index is -4.79. The van der Waals surface area contributed by atoms with Crippen molar-refractivity contribution in [3.8, 4) is 0 Å². The number of alkyl halides is 3. The van der Waals surface area contributed by atoms with Crippen LogP contribution in [0.3, 0.4) is 0 Å². The number of nitrogens with one attached hydrogen (secondary N) is 2. The lowest BCUT2D eigenvalue weighted by Gasteiger charge is -2.33. The fraction of sp³-hybridized carbons (Fsp3) is 0.615. The van der Waals surface area contributed by atoms with Crippen LogP contribution in [0.4, 0.5) is 29.8 Å². The maximum atomic E-state index is 13.6. The SMILES string of the molecule is CCCCNC(=O)NC1CCN(c2ccc(CC(=O)c3oc(N4CCCCC4)nc3C(F)(F)F)cn2)CC1. The number of rotatable bonds is 9. The molecule has 0 aromatic carbocycles. The molecule has 208 valence electrons. The van der Waals surface area contributed by atoms with Crippen molar-refractivity contribution in [3.63, 3.8) is 0 Å². The first-order valence-electron chi connectivity index (χ1n) is 13.3. The number of aromatic nitrogens is 2. The topological polar surface area (TPSA) is 104 Å². The van der Waals surface area contributed by atoms with Crippen molar-refractivity contribution in [2.45, 2.75) is 70.5 Å². The monoisotopic (exact) mass is 536 g/mol. The van der Waals surface area contributed by atoms with Crippen LogP contribution in [-0.2, 0) is 12.6 Å². The molecular formula is C26H35F3N6O3. The van der Waals surface area contributed by atoms with Gasteiger partial charge in [0, 0.05) is 51.4 Å². The normalized spacial score (nSPS) is 16.9. The summed E-state index contributed by atoms with van der Waals surface area (Å²) in [4.78, 5) is 36.6. The zero-order valence-corrected chi connectivity index (χ0v) is 21.6. The van der Waals surface area contributed by atoms with Crippen molar-refractivity contribution in [1.82, 2.24) is 20.6 Å². The van der Waals surface area contributed by atoms with Crippen LogP contribution in [0.25, 0.3) is 0 Å². The van der Waals surface area contributed by atoms with Gasteiger partial charge in [0.05, 0.1) is 0 Å². The van der Waals surface area contributed by atoms with Gasteiger partial charge in [-0.1, -0.05) is 19.4 Å². The molecular weight excluding hydrogens is 501 g/mol. The number of amides is 2. The number of Topliss-reactive ketones (excluding diaryl/α,β-unsaturated/α-hetero) is 1. The zero-order valence-electron chi connectivity index (χ0n) is 21.6. The Bertz CT molecular complexity index is 1070. The number of nitrogens with zero attached hydrogens (tertiary/aromatic N) is 4. The summed E-state index contributed by atoms with van der Waals surface area (Å²) in [7, 11) is 0. The average Bonchev–Trinajstić information content (AvgIpc) is 3.37. The molecule has 9 nitrogen and oxygen atoms in total. The van der Waals surface area contributed by atoms with Gasteiger partial charge in [0.1, 0.15) is 5.82 Å². The summed E-state index contributed by atoms with van der Waals surface area (Å²) >= 11 is 0. The van der Waals surface area contributed by atoms with E-state index in [4.69, 9.17) is 4.42 Å². The van der Waals surface area contributed by atoms with Crippen LogP contribution < -0.4 is 20.4 Å². The van der Waals surface area contributed by atoms with Crippen LogP contribution in [0.2, 0.25) is 0 Å². The van der Waals surface area contributed by atoms with Gasteiger partial charge >= 0.3 is 12.2 Å². The predicted octanol–water partition coefficient (Wildman–Crippen LogP) is 4.57. The summed E-state index contributed by atoms with van der Waals surface area (Å²) in [6.45, 7) is 5.24. The van der Waals surface area contributed by atoms with Crippen molar-refractivity contribution >= 4 is 23.6 Å². The number of halogens is 3. The third kappa shape index (κ3) is 7.16. The second-order valence-electron chi connectivity index (χ2n) is 9.86. The van der Waals surface area contributed by atoms with E-state index in [2.05, 4.69) is 32.4 Å². The number of ketones is 1. The van der Waals surface area contributed by atoms with Gasteiger partial charge in [0.15, 0.2) is 5.69 Å². The maximum Gasteiger partial charge on any atom is 0.437 e. The van der Waals surface area contributed by atoms with Crippen molar-refractivity contribution in [2.75, 3.05) is 42.5 Å². The maximum absolute atomic E-state index is 13.6. The molecule has 2 aliphatic rings. The van der Waals surface area contributed by atoms with Crippen LogP contribution >= 0.6 is 0 Å². The molecule has 0 spiro atoms. The molecule has 2 aromatic rings. The lowest BCUT2D eigenvalue weighted by molar-refractivity contribution is -0.141. The molecule has 0 unspecified atom stereocenters. The molecule has 2 N–H and O–H groups in total. The summed E-state index contributed by atoms with van der Waals surface area (Å²) in [5.41, 5.74) is -0.786. The summed E-state index contributed by atoms with van der Waals surface area (Å²) < 4.78 is 46.2. The van der Waals surface area contributed by atoms with E-state index in [0.717, 1.165) is 50.8 Å². The first-order valence-corrected chi connectivity index (χ1v) is 13.3. The highest BCUT2D eigenvalue weighted by atomic mass is 19.4. The summed E-state index contributed by atoms with van der Waals surface area (Å²) in [6, 6.07) is 3.25. The molecule has 2 aromatic heterocycles. The van der Waals surface area contributed by atoms with Gasteiger partial charge in [-0.2, -0.15) is 18.2 Å². The second-order valence-corrected chi connectivity index (χ2v) is 9.86. The lowest BCUT2D eigenvalue weighted by Crippen LogP contribution is -2.48. The molecule has 0 radical (unpaired) electrons. The van der Waals surface area contributed by atoms with Gasteiger partial charge in [-0.25, -0.2) is 9.78 Å². The molecule has 4 heterocycles. The lowest BCUT2D eigenvalue weighted by atomic mass is 10.0. The third-order valence-corrected chi connectivity index (χ3v) is 6.91. The number of carbonyl (C=O) groups is 2. The third-order valence-electron chi connectivity index (χ3n) is 6.91. The van der Waals surface area contributed by atoms with Crippen molar-refractivity contribution in [3.05, 3.63) is 35.3 Å². The van der Waals surface area contributed by atoms with Crippen molar-refractivity contribution < 1.29 is 27.2 Å². The largest absolute Gasteiger partial charge is 0.437 e. The van der Waals surface area contributed by atoms with Crippen LogP contribution in [0.5, 0.6) is 0 Å². The van der Waals surface area contributed by atoms with Gasteiger partial charge < -0.3 is 24.9 Å². The Morgan fingerprint density at radius 2 is 1.82 bits per heavy atom. The number of carbonyl (C=O) groups excluding carboxylic acids is 2. The number of piperidine rings is 2. The molecule has 0 aliphatic carbocycles. The minimum absolute atomic E-state index is 0.0873. The Hall–Kier alpha value is -3.31. The molecule has 4 rings (SSSR count). The van der Waals surface area contributed by atoms with E-state index in [1.807, 2.05) is 0 Å². The van der Waals surface area contributed by atoms with E-state index >= 15 is 0 Å². The number of unbranched alkanes of at least 4 members (excludes halogenated alkanes) is 1. The van der Waals surface area contributed by atoms with Crippen LogP contribution in [0, 0.1) is 0 Å². The van der Waals surface area contributed by atoms with Crippen LogP contribution in [-0.4, -0.2) is 60.5 Å². The minimum Gasteiger partial charge on any atom is -0.420 e. The van der Waals surface area contributed by atoms with Gasteiger partial charge in [-0.05, 0) is 50.2 Å². The molecule has 2 fully saturated rings. The first-order chi connectivity index (χ1) is 18.2. The van der Waals surface area contributed by atoms with E-state index in [1.165, 1.54) is 6.20 Å². The summed E-state index contributed by atoms with van der Waals surface area (Å²) in [5.74, 6) is -0.822. The Balaban J connectivity index is 1.33. The number of oxazole rings is 1. The van der Waals surface area contributed by atoms with E-state index in [1.54, 1.807) is 17.0 Å². The molecule has 0 saturated carbocycles. The molecule has 0 atom stereocenters. The highest BCUT2D eigenvalue weighted by molar-refractivity contribution is 5.96. The average molecular weight is 537 g/mol. The highest BCUT2D eigenvalue weighted by Gasteiger charge is 2.41. The summed E-state index contributed by atoms with van der Waals surface area (Å²) in [6.07, 6.45) is 2.64. The predicted molar refractivity (Wildman–Crippen MR) is 137 cm³/mol. The Labute approximate surface area is 220 Å². The molecule has 38 heavy (non-hydrogen) atoms. The Kier molecular flexibility index (Phi) is 9.11. The smallest absolute Gasteiger partial charge is 0.420 e. The quantitative estimate of drug-likeness (QED) is 0.357. The standard InChI is InChI=1S/C26H35F3N6O3/c1-2-3-11-30-24(37)32-19-9-14-34(15-10-19)21-8-7-18(17-31-21)16-20(36)22-23(26(27,28)29)33-25(38-22)35-12-5-4-6-13-35/h7-8,17,19H,2-6,9-16H2,1H3,(H2,30,32,37). The molecule has 0 bridgehead atoms. The number of hydrogen-bond acceptors (Lipinski definition) is 7. The number of pyridine rings is 1. The molecule has 2 saturated heterocycles. The first kappa shape index (κ1) is 27.7. The van der Waals surface area contributed by atoms with Gasteiger partial charge in [0.2, 0.25) is 11.5 Å². The Morgan fingerprint density at radius 1 is 1.08 bits per heavy atom. The van der Waals surface area contributed by atoms with Gasteiger partial charge in [-0.15, -0.1) is 0 Å². The summed E-state index contributed by atoms with van der Waals surface area (Å²) in [5, 5.41) is 5.86. The zero-order chi connectivity index (χ0) is 27.1. The molecule has 12 heteroatoms. The number of urea groups is 1. The number of anilines is 2. The second kappa shape index (κ2) is 12.5. The van der Waals surface area contributed by atoms with E-state index in [-0.39, 0.29) is 24.5 Å². The van der Waals surface area contributed by atoms with Gasteiger partial charge in [0.25, 0.3) is 6.01 Å². The highest BCUT2D eigenvalue weighted by Crippen LogP contribution is 2.35. The van der Waals surface area contributed by atoms with E-state index in [0.29, 0.717) is 38.3 Å². The fourth-order valence-corrected chi connectivity index (χ4v) is 4.75. The van der Waals surface area contributed by atoms with Crippen LogP contribution in [0.1, 0.15) is 73.7 Å². The van der Waals surface area contributed by atoms with Crippen LogP contribution in [0.15, 0.2) is 22.7 Å². The Morgan fingerprint density at radius 3 is 2.45 bits per heavy atom. The molecule has 2 amide bonds. The fourth-order valence-electron chi connectivity index (χ4n) is 4.75. The number of hydrogen-bond donors (Lipinski definition) is 2. The van der Waals surface area contributed by atoms with E-state index in [9.17, 15) is 22.8 Å². The van der Waals surface area contributed by atoms with Crippen molar-refractivity contribution in [2.24, 2.45) is 0 Å².